The van der Waals surface area contributed by atoms with Gasteiger partial charge in [0.15, 0.2) is 0 Å². The number of hydrogen-bond acceptors (Lipinski definition) is 3. The number of likely N-dealkylation sites (tertiary alicyclic amines) is 1. The van der Waals surface area contributed by atoms with Crippen LogP contribution in [-0.4, -0.2) is 36.2 Å². The summed E-state index contributed by atoms with van der Waals surface area (Å²) in [5.74, 6) is -0.340. The van der Waals surface area contributed by atoms with E-state index in [1.807, 2.05) is 0 Å². The van der Waals surface area contributed by atoms with Crippen LogP contribution in [0, 0.1) is 5.82 Å². The summed E-state index contributed by atoms with van der Waals surface area (Å²) >= 11 is 0. The zero-order chi connectivity index (χ0) is 13.0. The van der Waals surface area contributed by atoms with Crippen LogP contribution in [0.15, 0.2) is 18.2 Å². The van der Waals surface area contributed by atoms with Crippen molar-refractivity contribution >= 4 is 0 Å². The SMILES string of the molecule is CN1CCC(OCc2cccc(CO)c2F)CC1. The first-order valence-electron chi connectivity index (χ1n) is 6.38. The second kappa shape index (κ2) is 6.27. The van der Waals surface area contributed by atoms with Crippen LogP contribution in [-0.2, 0) is 18.0 Å². The topological polar surface area (TPSA) is 32.7 Å². The van der Waals surface area contributed by atoms with E-state index < -0.39 is 0 Å². The molecule has 3 nitrogen and oxygen atoms in total. The average molecular weight is 253 g/mol. The summed E-state index contributed by atoms with van der Waals surface area (Å²) in [6.45, 7) is 2.08. The molecule has 0 atom stereocenters. The lowest BCUT2D eigenvalue weighted by molar-refractivity contribution is 0.000962. The number of aliphatic hydroxyl groups excluding tert-OH is 1. The quantitative estimate of drug-likeness (QED) is 0.890. The minimum Gasteiger partial charge on any atom is -0.392 e. The third-order valence-corrected chi connectivity index (χ3v) is 3.47. The Morgan fingerprint density at radius 1 is 1.33 bits per heavy atom. The molecule has 100 valence electrons. The Morgan fingerprint density at radius 3 is 2.67 bits per heavy atom. The number of benzene rings is 1. The van der Waals surface area contributed by atoms with Crippen molar-refractivity contribution in [1.29, 1.82) is 0 Å². The largest absolute Gasteiger partial charge is 0.392 e. The van der Waals surface area contributed by atoms with Crippen molar-refractivity contribution in [3.63, 3.8) is 0 Å². The lowest BCUT2D eigenvalue weighted by Crippen LogP contribution is -2.34. The summed E-state index contributed by atoms with van der Waals surface area (Å²) in [6, 6.07) is 5.06. The van der Waals surface area contributed by atoms with Crippen LogP contribution in [0.5, 0.6) is 0 Å². The number of aliphatic hydroxyl groups is 1. The van der Waals surface area contributed by atoms with Gasteiger partial charge in [-0.1, -0.05) is 18.2 Å². The zero-order valence-electron chi connectivity index (χ0n) is 10.7. The molecule has 1 aliphatic rings. The Hall–Kier alpha value is -0.970. The number of nitrogens with zero attached hydrogens (tertiary/aromatic N) is 1. The molecule has 0 aliphatic carbocycles. The van der Waals surface area contributed by atoms with Crippen LogP contribution in [0.1, 0.15) is 24.0 Å². The summed E-state index contributed by atoms with van der Waals surface area (Å²) in [5, 5.41) is 9.00. The number of halogens is 1. The Labute approximate surface area is 107 Å². The third kappa shape index (κ3) is 3.28. The van der Waals surface area contributed by atoms with E-state index in [0.717, 1.165) is 25.9 Å². The molecule has 0 bridgehead atoms. The number of ether oxygens (including phenoxy) is 1. The number of piperidine rings is 1. The van der Waals surface area contributed by atoms with Crippen molar-refractivity contribution in [2.75, 3.05) is 20.1 Å². The first-order chi connectivity index (χ1) is 8.70. The number of rotatable bonds is 4. The first kappa shape index (κ1) is 13.5. The van der Waals surface area contributed by atoms with Gasteiger partial charge in [0.2, 0.25) is 0 Å². The smallest absolute Gasteiger partial charge is 0.134 e. The van der Waals surface area contributed by atoms with Gasteiger partial charge < -0.3 is 14.7 Å². The van der Waals surface area contributed by atoms with Gasteiger partial charge in [-0.25, -0.2) is 4.39 Å². The summed E-state index contributed by atoms with van der Waals surface area (Å²) in [6.07, 6.45) is 2.22. The summed E-state index contributed by atoms with van der Waals surface area (Å²) in [7, 11) is 2.10. The molecule has 0 amide bonds. The second-order valence-electron chi connectivity index (χ2n) is 4.86. The van der Waals surface area contributed by atoms with Crippen molar-refractivity contribution in [1.82, 2.24) is 4.90 Å². The Kier molecular flexibility index (Phi) is 4.69. The summed E-state index contributed by atoms with van der Waals surface area (Å²) in [5.41, 5.74) is 0.861. The molecule has 18 heavy (non-hydrogen) atoms. The fourth-order valence-electron chi connectivity index (χ4n) is 2.23. The van der Waals surface area contributed by atoms with Gasteiger partial charge >= 0.3 is 0 Å². The van der Waals surface area contributed by atoms with Gasteiger partial charge in [-0.3, -0.25) is 0 Å². The van der Waals surface area contributed by atoms with Crippen molar-refractivity contribution in [2.24, 2.45) is 0 Å². The molecule has 1 heterocycles. The molecule has 4 heteroatoms. The molecule has 0 aromatic heterocycles. The van der Waals surface area contributed by atoms with Gasteiger partial charge in [0.05, 0.1) is 19.3 Å². The molecule has 0 unspecified atom stereocenters. The Bertz CT molecular complexity index is 389. The standard InChI is InChI=1S/C14H20FNO2/c1-16-7-5-13(6-8-16)18-10-12-4-2-3-11(9-17)14(12)15/h2-4,13,17H,5-10H2,1H3. The van der Waals surface area contributed by atoms with Gasteiger partial charge in [0.1, 0.15) is 5.82 Å². The van der Waals surface area contributed by atoms with E-state index >= 15 is 0 Å². The van der Waals surface area contributed by atoms with Crippen LogP contribution in [0.2, 0.25) is 0 Å². The number of hydrogen-bond donors (Lipinski definition) is 1. The second-order valence-corrected chi connectivity index (χ2v) is 4.86. The van der Waals surface area contributed by atoms with Crippen LogP contribution in [0.4, 0.5) is 4.39 Å². The van der Waals surface area contributed by atoms with Gasteiger partial charge in [-0.2, -0.15) is 0 Å². The molecule has 2 rings (SSSR count). The van der Waals surface area contributed by atoms with Gasteiger partial charge in [0.25, 0.3) is 0 Å². The molecule has 1 saturated heterocycles. The fourth-order valence-corrected chi connectivity index (χ4v) is 2.23. The van der Waals surface area contributed by atoms with Crippen molar-refractivity contribution < 1.29 is 14.2 Å². The summed E-state index contributed by atoms with van der Waals surface area (Å²) < 4.78 is 19.6. The van der Waals surface area contributed by atoms with E-state index in [0.29, 0.717) is 11.1 Å². The van der Waals surface area contributed by atoms with Crippen molar-refractivity contribution in [2.45, 2.75) is 32.2 Å². The van der Waals surface area contributed by atoms with Crippen molar-refractivity contribution in [3.05, 3.63) is 35.1 Å². The zero-order valence-corrected chi connectivity index (χ0v) is 10.7. The minimum atomic E-state index is -0.340. The van der Waals surface area contributed by atoms with Crippen LogP contribution in [0.25, 0.3) is 0 Å². The van der Waals surface area contributed by atoms with Crippen LogP contribution < -0.4 is 0 Å². The van der Waals surface area contributed by atoms with Gasteiger partial charge in [-0.05, 0) is 19.9 Å². The van der Waals surface area contributed by atoms with E-state index in [1.54, 1.807) is 18.2 Å². The predicted molar refractivity (Wildman–Crippen MR) is 67.6 cm³/mol. The third-order valence-electron chi connectivity index (χ3n) is 3.47. The average Bonchev–Trinajstić information content (AvgIpc) is 2.39. The molecular weight excluding hydrogens is 233 g/mol. The van der Waals surface area contributed by atoms with Crippen LogP contribution >= 0.6 is 0 Å². The maximum Gasteiger partial charge on any atom is 0.134 e. The molecule has 1 aromatic carbocycles. The van der Waals surface area contributed by atoms with Gasteiger partial charge in [0, 0.05) is 24.2 Å². The minimum absolute atomic E-state index is 0.221. The molecule has 0 radical (unpaired) electrons. The molecule has 1 fully saturated rings. The predicted octanol–water partition coefficient (Wildman–Crippen LogP) is 1.93. The lowest BCUT2D eigenvalue weighted by atomic mass is 10.1. The molecule has 1 aliphatic heterocycles. The van der Waals surface area contributed by atoms with Gasteiger partial charge in [-0.15, -0.1) is 0 Å². The lowest BCUT2D eigenvalue weighted by Gasteiger charge is -2.29. The molecule has 0 spiro atoms. The highest BCUT2D eigenvalue weighted by Crippen LogP contribution is 2.18. The Balaban J connectivity index is 1.90. The molecule has 0 saturated carbocycles. The van der Waals surface area contributed by atoms with E-state index in [4.69, 9.17) is 9.84 Å². The summed E-state index contributed by atoms with van der Waals surface area (Å²) in [4.78, 5) is 2.27. The molecular formula is C14H20FNO2. The maximum absolute atomic E-state index is 13.8. The monoisotopic (exact) mass is 253 g/mol. The highest BCUT2D eigenvalue weighted by molar-refractivity contribution is 5.24. The Morgan fingerprint density at radius 2 is 2.00 bits per heavy atom. The molecule has 1 aromatic rings. The maximum atomic E-state index is 13.8. The molecule has 1 N–H and O–H groups in total. The normalized spacial score (nSPS) is 18.2. The van der Waals surface area contributed by atoms with Crippen LogP contribution in [0.3, 0.4) is 0 Å². The van der Waals surface area contributed by atoms with E-state index in [2.05, 4.69) is 11.9 Å². The van der Waals surface area contributed by atoms with E-state index in [-0.39, 0.29) is 25.1 Å². The van der Waals surface area contributed by atoms with E-state index in [9.17, 15) is 4.39 Å². The first-order valence-corrected chi connectivity index (χ1v) is 6.38. The van der Waals surface area contributed by atoms with E-state index in [1.165, 1.54) is 0 Å². The van der Waals surface area contributed by atoms with Crippen molar-refractivity contribution in [3.8, 4) is 0 Å². The highest BCUT2D eigenvalue weighted by Gasteiger charge is 2.17. The fraction of sp³-hybridized carbons (Fsp3) is 0.571. The highest BCUT2D eigenvalue weighted by atomic mass is 19.1.